The van der Waals surface area contributed by atoms with Gasteiger partial charge in [-0.2, -0.15) is 0 Å². The Morgan fingerprint density at radius 1 is 1.44 bits per heavy atom. The summed E-state index contributed by atoms with van der Waals surface area (Å²) >= 11 is 0. The van der Waals surface area contributed by atoms with E-state index < -0.39 is 0 Å². The number of carbonyl (C=O) groups excluding carboxylic acids is 1. The highest BCUT2D eigenvalue weighted by molar-refractivity contribution is 6.00. The fourth-order valence-corrected chi connectivity index (χ4v) is 2.81. The third kappa shape index (κ3) is 2.03. The van der Waals surface area contributed by atoms with Gasteiger partial charge in [0.05, 0.1) is 6.42 Å². The molecule has 2 aliphatic rings. The lowest BCUT2D eigenvalue weighted by molar-refractivity contribution is -0.117. The van der Waals surface area contributed by atoms with Crippen LogP contribution in [-0.4, -0.2) is 20.0 Å². The van der Waals surface area contributed by atoms with Crippen LogP contribution in [0.25, 0.3) is 0 Å². The number of rotatable bonds is 4. The molecule has 1 atom stereocenters. The quantitative estimate of drug-likeness (QED) is 0.881. The Hall–Kier alpha value is -1.35. The van der Waals surface area contributed by atoms with Gasteiger partial charge >= 0.3 is 0 Å². The first kappa shape index (κ1) is 11.7. The van der Waals surface area contributed by atoms with Crippen molar-refractivity contribution in [2.24, 2.45) is 5.92 Å². The highest BCUT2D eigenvalue weighted by atomic mass is 16.2. The summed E-state index contributed by atoms with van der Waals surface area (Å²) in [6, 6.07) is 6.90. The van der Waals surface area contributed by atoms with E-state index in [9.17, 15) is 4.79 Å². The standard InChI is InChI=1S/C15H20N2O/c1-16-13(7-10-3-4-10)11-5-6-14-12(8-11)9-15(18)17(14)2/h5-6,8,10,13,16H,3-4,7,9H2,1-2H3. The summed E-state index contributed by atoms with van der Waals surface area (Å²) in [4.78, 5) is 13.4. The minimum Gasteiger partial charge on any atom is -0.315 e. The van der Waals surface area contributed by atoms with Crippen LogP contribution in [0, 0.1) is 5.92 Å². The monoisotopic (exact) mass is 244 g/mol. The summed E-state index contributed by atoms with van der Waals surface area (Å²) in [6.07, 6.45) is 4.54. The summed E-state index contributed by atoms with van der Waals surface area (Å²) in [7, 11) is 3.88. The van der Waals surface area contributed by atoms with E-state index in [1.165, 1.54) is 30.4 Å². The van der Waals surface area contributed by atoms with E-state index in [0.29, 0.717) is 12.5 Å². The Labute approximate surface area is 108 Å². The van der Waals surface area contributed by atoms with Crippen LogP contribution in [0.2, 0.25) is 0 Å². The second kappa shape index (κ2) is 4.39. The molecule has 3 rings (SSSR count). The van der Waals surface area contributed by atoms with Gasteiger partial charge in [0.15, 0.2) is 0 Å². The molecular formula is C15H20N2O. The number of amides is 1. The Morgan fingerprint density at radius 3 is 2.89 bits per heavy atom. The van der Waals surface area contributed by atoms with Gasteiger partial charge in [-0.25, -0.2) is 0 Å². The first-order valence-corrected chi connectivity index (χ1v) is 6.75. The lowest BCUT2D eigenvalue weighted by atomic mass is 9.98. The molecule has 1 saturated carbocycles. The van der Waals surface area contributed by atoms with Crippen molar-refractivity contribution in [3.05, 3.63) is 29.3 Å². The third-order valence-electron chi connectivity index (χ3n) is 4.20. The molecule has 18 heavy (non-hydrogen) atoms. The average Bonchev–Trinajstić information content (AvgIpc) is 3.14. The van der Waals surface area contributed by atoms with Gasteiger partial charge in [-0.15, -0.1) is 0 Å². The average molecular weight is 244 g/mol. The first-order valence-electron chi connectivity index (χ1n) is 6.75. The molecule has 1 amide bonds. The van der Waals surface area contributed by atoms with E-state index >= 15 is 0 Å². The Morgan fingerprint density at radius 2 is 2.22 bits per heavy atom. The van der Waals surface area contributed by atoms with E-state index in [0.717, 1.165) is 11.6 Å². The SMILES string of the molecule is CNC(CC1CC1)c1ccc2c(c1)CC(=O)N2C. The molecule has 3 heteroatoms. The molecule has 3 nitrogen and oxygen atoms in total. The maximum atomic E-state index is 11.7. The molecule has 1 aliphatic carbocycles. The zero-order valence-electron chi connectivity index (χ0n) is 11.1. The van der Waals surface area contributed by atoms with Crippen molar-refractivity contribution in [2.75, 3.05) is 19.0 Å². The van der Waals surface area contributed by atoms with E-state index in [2.05, 4.69) is 23.5 Å². The number of likely N-dealkylation sites (N-methyl/N-ethyl adjacent to an activating group) is 1. The number of benzene rings is 1. The first-order chi connectivity index (χ1) is 8.69. The minimum absolute atomic E-state index is 0.199. The molecule has 0 bridgehead atoms. The number of nitrogens with zero attached hydrogens (tertiary/aromatic N) is 1. The summed E-state index contributed by atoms with van der Waals surface area (Å²) in [5.74, 6) is 1.10. The molecule has 0 aromatic heterocycles. The van der Waals surface area contributed by atoms with Gasteiger partial charge in [0.25, 0.3) is 0 Å². The van der Waals surface area contributed by atoms with Crippen molar-refractivity contribution in [3.63, 3.8) is 0 Å². The molecule has 1 aromatic rings. The van der Waals surface area contributed by atoms with Crippen molar-refractivity contribution < 1.29 is 4.79 Å². The number of hydrogen-bond donors (Lipinski definition) is 1. The molecule has 0 saturated heterocycles. The van der Waals surface area contributed by atoms with Gasteiger partial charge < -0.3 is 10.2 Å². The number of anilines is 1. The molecule has 1 aromatic carbocycles. The molecule has 0 spiro atoms. The number of nitrogens with one attached hydrogen (secondary N) is 1. The summed E-state index contributed by atoms with van der Waals surface area (Å²) in [5.41, 5.74) is 3.58. The minimum atomic E-state index is 0.199. The van der Waals surface area contributed by atoms with Crippen molar-refractivity contribution in [1.29, 1.82) is 0 Å². The normalized spacial score (nSPS) is 20.1. The van der Waals surface area contributed by atoms with Gasteiger partial charge in [0.1, 0.15) is 0 Å². The Balaban J connectivity index is 1.85. The second-order valence-electron chi connectivity index (χ2n) is 5.54. The van der Waals surface area contributed by atoms with Crippen LogP contribution < -0.4 is 10.2 Å². The molecule has 1 N–H and O–H groups in total. The fourth-order valence-electron chi connectivity index (χ4n) is 2.81. The highest BCUT2D eigenvalue weighted by Crippen LogP contribution is 2.38. The largest absolute Gasteiger partial charge is 0.315 e. The molecule has 1 fully saturated rings. The van der Waals surface area contributed by atoms with Gasteiger partial charge in [-0.1, -0.05) is 25.0 Å². The highest BCUT2D eigenvalue weighted by Gasteiger charge is 2.28. The molecule has 1 unspecified atom stereocenters. The maximum Gasteiger partial charge on any atom is 0.231 e. The maximum absolute atomic E-state index is 11.7. The Kier molecular flexibility index (Phi) is 2.86. The van der Waals surface area contributed by atoms with E-state index in [1.807, 2.05) is 14.1 Å². The van der Waals surface area contributed by atoms with Crippen LogP contribution in [0.1, 0.15) is 36.4 Å². The summed E-state index contributed by atoms with van der Waals surface area (Å²) in [5, 5.41) is 3.40. The van der Waals surface area contributed by atoms with Crippen LogP contribution in [-0.2, 0) is 11.2 Å². The van der Waals surface area contributed by atoms with Crippen LogP contribution in [0.5, 0.6) is 0 Å². The van der Waals surface area contributed by atoms with E-state index in [-0.39, 0.29) is 5.91 Å². The van der Waals surface area contributed by atoms with Crippen molar-refractivity contribution in [1.82, 2.24) is 5.32 Å². The lowest BCUT2D eigenvalue weighted by Gasteiger charge is -2.18. The Bertz CT molecular complexity index is 479. The van der Waals surface area contributed by atoms with Crippen LogP contribution >= 0.6 is 0 Å². The second-order valence-corrected chi connectivity index (χ2v) is 5.54. The number of hydrogen-bond acceptors (Lipinski definition) is 2. The van der Waals surface area contributed by atoms with E-state index in [1.54, 1.807) is 4.90 Å². The fraction of sp³-hybridized carbons (Fsp3) is 0.533. The summed E-state index contributed by atoms with van der Waals surface area (Å²) in [6.45, 7) is 0. The molecule has 0 radical (unpaired) electrons. The smallest absolute Gasteiger partial charge is 0.231 e. The predicted octanol–water partition coefficient (Wildman–Crippen LogP) is 2.27. The van der Waals surface area contributed by atoms with Crippen molar-refractivity contribution >= 4 is 11.6 Å². The van der Waals surface area contributed by atoms with Crippen molar-refractivity contribution in [2.45, 2.75) is 31.7 Å². The lowest BCUT2D eigenvalue weighted by Crippen LogP contribution is -2.20. The number of fused-ring (bicyclic) bond motifs is 1. The van der Waals surface area contributed by atoms with Gasteiger partial charge in [-0.3, -0.25) is 4.79 Å². The summed E-state index contributed by atoms with van der Waals surface area (Å²) < 4.78 is 0. The van der Waals surface area contributed by atoms with E-state index in [4.69, 9.17) is 0 Å². The molecular weight excluding hydrogens is 224 g/mol. The van der Waals surface area contributed by atoms with Gasteiger partial charge in [-0.05, 0) is 36.6 Å². The third-order valence-corrected chi connectivity index (χ3v) is 4.20. The van der Waals surface area contributed by atoms with Crippen molar-refractivity contribution in [3.8, 4) is 0 Å². The van der Waals surface area contributed by atoms with Crippen LogP contribution in [0.3, 0.4) is 0 Å². The van der Waals surface area contributed by atoms with Crippen LogP contribution in [0.15, 0.2) is 18.2 Å². The molecule has 1 aliphatic heterocycles. The van der Waals surface area contributed by atoms with Gasteiger partial charge in [0, 0.05) is 18.8 Å². The number of carbonyl (C=O) groups is 1. The molecule has 1 heterocycles. The topological polar surface area (TPSA) is 32.3 Å². The zero-order chi connectivity index (χ0) is 12.7. The zero-order valence-corrected chi connectivity index (χ0v) is 11.1. The van der Waals surface area contributed by atoms with Crippen LogP contribution in [0.4, 0.5) is 5.69 Å². The predicted molar refractivity (Wildman–Crippen MR) is 72.7 cm³/mol. The molecule has 96 valence electrons. The van der Waals surface area contributed by atoms with Gasteiger partial charge in [0.2, 0.25) is 5.91 Å².